The lowest BCUT2D eigenvalue weighted by molar-refractivity contribution is 0.547. The minimum absolute atomic E-state index is 0.296. The van der Waals surface area contributed by atoms with Crippen molar-refractivity contribution in [2.75, 3.05) is 6.16 Å². The van der Waals surface area contributed by atoms with Gasteiger partial charge in [-0.25, -0.2) is 0 Å². The van der Waals surface area contributed by atoms with Crippen LogP contribution in [0.15, 0.2) is 30.3 Å². The number of hydrogen-bond acceptors (Lipinski definition) is 2. The van der Waals surface area contributed by atoms with Crippen LogP contribution in [0.2, 0.25) is 0 Å². The molecule has 82 valence electrons. The van der Waals surface area contributed by atoms with Crippen molar-refractivity contribution in [3.8, 4) is 0 Å². The maximum Gasteiger partial charge on any atom is 0.179 e. The van der Waals surface area contributed by atoms with Crippen molar-refractivity contribution in [1.29, 1.82) is 0 Å². The van der Waals surface area contributed by atoms with Crippen molar-refractivity contribution in [2.45, 2.75) is 20.0 Å². The molecule has 0 radical (unpaired) electrons. The van der Waals surface area contributed by atoms with Gasteiger partial charge in [0.25, 0.3) is 0 Å². The summed E-state index contributed by atoms with van der Waals surface area (Å²) in [7, 11) is -2.66. The minimum Gasteiger partial charge on any atom is -0.316 e. The number of rotatable bonds is 5. The summed E-state index contributed by atoms with van der Waals surface area (Å²) >= 11 is 0. The van der Waals surface area contributed by atoms with Crippen LogP contribution in [-0.2, 0) is 15.5 Å². The lowest BCUT2D eigenvalue weighted by atomic mass is 10.2. The number of hydrogen-bond donors (Lipinski definition) is 0. The summed E-state index contributed by atoms with van der Waals surface area (Å²) in [6, 6.07) is 10.2. The highest BCUT2D eigenvalue weighted by Gasteiger charge is 2.22. The molecular formula is C12H17O2P. The van der Waals surface area contributed by atoms with Crippen LogP contribution in [0.5, 0.6) is 0 Å². The van der Waals surface area contributed by atoms with Gasteiger partial charge in [-0.1, -0.05) is 44.2 Å². The van der Waals surface area contributed by atoms with Crippen LogP contribution < -0.4 is 0 Å². The molecule has 0 fully saturated rings. The maximum absolute atomic E-state index is 12.2. The van der Waals surface area contributed by atoms with Gasteiger partial charge in [0.05, 0.1) is 0 Å². The van der Waals surface area contributed by atoms with Gasteiger partial charge in [0, 0.05) is 12.3 Å². The molecule has 0 bridgehead atoms. The fraction of sp³-hybridized carbons (Fsp3) is 0.417. The third-order valence-electron chi connectivity index (χ3n) is 2.16. The van der Waals surface area contributed by atoms with Gasteiger partial charge in [-0.15, -0.1) is 0 Å². The summed E-state index contributed by atoms with van der Waals surface area (Å²) in [4.78, 5) is 10.9. The van der Waals surface area contributed by atoms with Crippen molar-refractivity contribution in [1.82, 2.24) is 0 Å². The van der Waals surface area contributed by atoms with Gasteiger partial charge in [0.2, 0.25) is 0 Å². The Morgan fingerprint density at radius 1 is 1.27 bits per heavy atom. The Balaban J connectivity index is 2.77. The van der Waals surface area contributed by atoms with Crippen molar-refractivity contribution in [3.63, 3.8) is 0 Å². The SMILES string of the molecule is CC(C)CP(=O)(C=O)Cc1ccccc1. The summed E-state index contributed by atoms with van der Waals surface area (Å²) in [6.07, 6.45) is 0.904. The standard InChI is InChI=1S/C12H17O2P/c1-11(2)8-15(14,10-13)9-12-6-4-3-5-7-12/h3-7,10-11H,8-9H2,1-2H3. The predicted molar refractivity (Wildman–Crippen MR) is 64.2 cm³/mol. The highest BCUT2D eigenvalue weighted by Crippen LogP contribution is 2.47. The number of carbonyl (C=O) groups is 1. The third-order valence-corrected chi connectivity index (χ3v) is 4.79. The lowest BCUT2D eigenvalue weighted by Gasteiger charge is -2.13. The molecule has 0 saturated carbocycles. The van der Waals surface area contributed by atoms with Crippen molar-refractivity contribution < 1.29 is 9.36 Å². The van der Waals surface area contributed by atoms with E-state index in [0.717, 1.165) is 5.56 Å². The first-order chi connectivity index (χ1) is 7.06. The highest BCUT2D eigenvalue weighted by atomic mass is 31.2. The second-order valence-corrected chi connectivity index (χ2v) is 7.07. The van der Waals surface area contributed by atoms with E-state index in [1.54, 1.807) is 0 Å². The first-order valence-corrected chi connectivity index (χ1v) is 7.28. The Hall–Kier alpha value is -0.880. The van der Waals surface area contributed by atoms with Crippen LogP contribution in [0.25, 0.3) is 0 Å². The monoisotopic (exact) mass is 224 g/mol. The van der Waals surface area contributed by atoms with Gasteiger partial charge in [-0.05, 0) is 11.5 Å². The molecule has 1 aromatic carbocycles. The summed E-state index contributed by atoms with van der Waals surface area (Å²) in [5.41, 5.74) is 0.980. The third kappa shape index (κ3) is 4.01. The van der Waals surface area contributed by atoms with E-state index in [-0.39, 0.29) is 0 Å². The number of benzene rings is 1. The summed E-state index contributed by atoms with van der Waals surface area (Å²) in [6.45, 7) is 3.97. The van der Waals surface area contributed by atoms with Gasteiger partial charge in [-0.3, -0.25) is 4.79 Å². The zero-order valence-corrected chi connectivity index (χ0v) is 10.1. The molecule has 0 aliphatic heterocycles. The molecule has 0 aliphatic carbocycles. The van der Waals surface area contributed by atoms with Crippen LogP contribution in [-0.4, -0.2) is 12.2 Å². The van der Waals surface area contributed by atoms with Gasteiger partial charge in [0.1, 0.15) is 0 Å². The fourth-order valence-electron chi connectivity index (χ4n) is 1.66. The minimum atomic E-state index is -2.66. The molecule has 1 rings (SSSR count). The summed E-state index contributed by atoms with van der Waals surface area (Å²) in [5.74, 6) is 0.296. The Kier molecular flexibility index (Phi) is 4.28. The highest BCUT2D eigenvalue weighted by molar-refractivity contribution is 7.77. The molecular weight excluding hydrogens is 207 g/mol. The van der Waals surface area contributed by atoms with E-state index in [1.807, 2.05) is 44.2 Å². The van der Waals surface area contributed by atoms with Crippen molar-refractivity contribution in [3.05, 3.63) is 35.9 Å². The maximum atomic E-state index is 12.2. The molecule has 0 N–H and O–H groups in total. The van der Waals surface area contributed by atoms with Gasteiger partial charge in [-0.2, -0.15) is 0 Å². The van der Waals surface area contributed by atoms with E-state index in [4.69, 9.17) is 0 Å². The number of carbonyl (C=O) groups excluding carboxylic acids is 1. The Morgan fingerprint density at radius 3 is 2.33 bits per heavy atom. The van der Waals surface area contributed by atoms with Crippen LogP contribution in [0.4, 0.5) is 0 Å². The topological polar surface area (TPSA) is 34.1 Å². The first-order valence-electron chi connectivity index (χ1n) is 5.14. The first kappa shape index (κ1) is 12.2. The molecule has 0 aliphatic rings. The molecule has 15 heavy (non-hydrogen) atoms. The lowest BCUT2D eigenvalue weighted by Crippen LogP contribution is -2.01. The molecule has 0 spiro atoms. The molecule has 1 atom stereocenters. The molecule has 2 nitrogen and oxygen atoms in total. The Bertz CT molecular complexity index is 357. The normalized spacial score (nSPS) is 14.9. The van der Waals surface area contributed by atoms with E-state index in [0.29, 0.717) is 24.3 Å². The van der Waals surface area contributed by atoms with E-state index < -0.39 is 7.14 Å². The second-order valence-electron chi connectivity index (χ2n) is 4.28. The summed E-state index contributed by atoms with van der Waals surface area (Å²) in [5, 5.41) is 0. The van der Waals surface area contributed by atoms with Crippen LogP contribution in [0, 0.1) is 5.92 Å². The van der Waals surface area contributed by atoms with Gasteiger partial charge < -0.3 is 4.57 Å². The zero-order chi connectivity index (χ0) is 11.3. The van der Waals surface area contributed by atoms with Crippen LogP contribution >= 0.6 is 7.14 Å². The quantitative estimate of drug-likeness (QED) is 0.567. The Morgan fingerprint density at radius 2 is 1.87 bits per heavy atom. The largest absolute Gasteiger partial charge is 0.316 e. The molecule has 1 aromatic rings. The van der Waals surface area contributed by atoms with Gasteiger partial charge >= 0.3 is 0 Å². The fourth-order valence-corrected chi connectivity index (χ4v) is 4.01. The molecule has 3 heteroatoms. The van der Waals surface area contributed by atoms with Gasteiger partial charge in [0.15, 0.2) is 13.2 Å². The van der Waals surface area contributed by atoms with Crippen LogP contribution in [0.3, 0.4) is 0 Å². The zero-order valence-electron chi connectivity index (χ0n) is 9.22. The average Bonchev–Trinajstić information content (AvgIpc) is 2.18. The molecule has 0 aromatic heterocycles. The van der Waals surface area contributed by atoms with E-state index in [1.165, 1.54) is 0 Å². The van der Waals surface area contributed by atoms with Crippen LogP contribution in [0.1, 0.15) is 19.4 Å². The second kappa shape index (κ2) is 5.27. The average molecular weight is 224 g/mol. The smallest absolute Gasteiger partial charge is 0.179 e. The van der Waals surface area contributed by atoms with Crippen molar-refractivity contribution in [2.24, 2.45) is 5.92 Å². The molecule has 0 saturated heterocycles. The van der Waals surface area contributed by atoms with E-state index in [2.05, 4.69) is 0 Å². The predicted octanol–water partition coefficient (Wildman–Crippen LogP) is 3.40. The summed E-state index contributed by atoms with van der Waals surface area (Å²) < 4.78 is 12.2. The van der Waals surface area contributed by atoms with E-state index >= 15 is 0 Å². The molecule has 0 amide bonds. The Labute approximate surface area is 91.1 Å². The molecule has 0 heterocycles. The van der Waals surface area contributed by atoms with Crippen molar-refractivity contribution >= 4 is 13.2 Å². The van der Waals surface area contributed by atoms with E-state index in [9.17, 15) is 9.36 Å². The molecule has 1 unspecified atom stereocenters.